The van der Waals surface area contributed by atoms with Crippen molar-refractivity contribution in [1.82, 2.24) is 14.7 Å². The number of urea groups is 1. The van der Waals surface area contributed by atoms with Crippen LogP contribution < -0.4 is 16.0 Å². The van der Waals surface area contributed by atoms with Crippen LogP contribution in [0.5, 0.6) is 0 Å². The number of nitrogens with one attached hydrogen (secondary N) is 3. The van der Waals surface area contributed by atoms with Crippen molar-refractivity contribution in [1.29, 1.82) is 0 Å². The van der Waals surface area contributed by atoms with Crippen molar-refractivity contribution >= 4 is 29.0 Å². The van der Waals surface area contributed by atoms with Gasteiger partial charge in [-0.05, 0) is 48.4 Å². The van der Waals surface area contributed by atoms with Crippen LogP contribution >= 0.6 is 0 Å². The zero-order valence-corrected chi connectivity index (χ0v) is 17.0. The van der Waals surface area contributed by atoms with E-state index >= 15 is 0 Å². The molecule has 2 heterocycles. The van der Waals surface area contributed by atoms with E-state index in [9.17, 15) is 18.4 Å². The van der Waals surface area contributed by atoms with Crippen molar-refractivity contribution in [2.24, 2.45) is 0 Å². The second-order valence-corrected chi connectivity index (χ2v) is 7.14. The maximum Gasteiger partial charge on any atom is 0.319 e. The summed E-state index contributed by atoms with van der Waals surface area (Å²) in [4.78, 5) is 29.1. The van der Waals surface area contributed by atoms with Crippen LogP contribution in [0, 0.1) is 18.6 Å². The van der Waals surface area contributed by atoms with Crippen molar-refractivity contribution in [3.8, 4) is 0 Å². The number of imidazole rings is 1. The zero-order valence-electron chi connectivity index (χ0n) is 17.0. The van der Waals surface area contributed by atoms with E-state index in [4.69, 9.17) is 0 Å². The number of rotatable bonds is 5. The minimum Gasteiger partial charge on any atom is -0.334 e. The molecule has 0 saturated heterocycles. The van der Waals surface area contributed by atoms with Gasteiger partial charge in [0.2, 0.25) is 0 Å². The summed E-state index contributed by atoms with van der Waals surface area (Å²) in [5, 5.41) is 7.87. The fourth-order valence-corrected chi connectivity index (χ4v) is 3.18. The van der Waals surface area contributed by atoms with E-state index in [2.05, 4.69) is 20.9 Å². The molecule has 0 aliphatic carbocycles. The second-order valence-electron chi connectivity index (χ2n) is 7.14. The molecule has 162 valence electrons. The molecule has 32 heavy (non-hydrogen) atoms. The fraction of sp³-hybridized carbons (Fsp3) is 0.0870. The summed E-state index contributed by atoms with van der Waals surface area (Å²) < 4.78 is 28.2. The number of benzene rings is 2. The van der Waals surface area contributed by atoms with Crippen LogP contribution in [0.2, 0.25) is 0 Å². The van der Waals surface area contributed by atoms with Crippen LogP contribution in [0.3, 0.4) is 0 Å². The summed E-state index contributed by atoms with van der Waals surface area (Å²) in [6.45, 7) is 1.99. The molecular formula is C23H19F2N5O2. The number of carbonyl (C=O) groups excluding carboxylic acids is 2. The lowest BCUT2D eigenvalue weighted by Crippen LogP contribution is -2.28. The van der Waals surface area contributed by atoms with Gasteiger partial charge in [-0.15, -0.1) is 0 Å². The molecule has 2 aromatic heterocycles. The lowest BCUT2D eigenvalue weighted by molar-refractivity contribution is 0.102. The lowest BCUT2D eigenvalue weighted by Gasteiger charge is -2.12. The van der Waals surface area contributed by atoms with Crippen molar-refractivity contribution in [3.63, 3.8) is 0 Å². The third kappa shape index (κ3) is 4.72. The van der Waals surface area contributed by atoms with Crippen LogP contribution in [0.1, 0.15) is 21.6 Å². The number of hydrogen-bond donors (Lipinski definition) is 3. The molecule has 4 aromatic rings. The molecule has 0 fully saturated rings. The summed E-state index contributed by atoms with van der Waals surface area (Å²) in [7, 11) is 0. The molecule has 0 saturated carbocycles. The van der Waals surface area contributed by atoms with Gasteiger partial charge < -0.3 is 16.0 Å². The maximum absolute atomic E-state index is 13.3. The number of pyridine rings is 1. The first kappa shape index (κ1) is 21.0. The summed E-state index contributed by atoms with van der Waals surface area (Å²) in [6.07, 6.45) is 3.26. The number of anilines is 2. The molecule has 0 radical (unpaired) electrons. The number of aryl methyl sites for hydroxylation is 1. The van der Waals surface area contributed by atoms with E-state index in [0.717, 1.165) is 29.3 Å². The monoisotopic (exact) mass is 435 g/mol. The molecule has 0 unspecified atom stereocenters. The molecule has 4 rings (SSSR count). The van der Waals surface area contributed by atoms with Gasteiger partial charge in [0.1, 0.15) is 23.0 Å². The van der Waals surface area contributed by atoms with E-state index in [1.54, 1.807) is 28.8 Å². The quantitative estimate of drug-likeness (QED) is 0.432. The average Bonchev–Trinajstić information content (AvgIpc) is 3.18. The Morgan fingerprint density at radius 2 is 1.78 bits per heavy atom. The van der Waals surface area contributed by atoms with Gasteiger partial charge >= 0.3 is 6.03 Å². The second kappa shape index (κ2) is 8.84. The molecule has 0 aliphatic rings. The highest BCUT2D eigenvalue weighted by Crippen LogP contribution is 2.19. The van der Waals surface area contributed by atoms with Crippen LogP contribution in [0.15, 0.2) is 67.0 Å². The predicted octanol–water partition coefficient (Wildman–Crippen LogP) is 4.49. The lowest BCUT2D eigenvalue weighted by atomic mass is 10.1. The van der Waals surface area contributed by atoms with Crippen molar-refractivity contribution in [2.75, 3.05) is 10.6 Å². The minimum atomic E-state index is -0.787. The fourth-order valence-electron chi connectivity index (χ4n) is 3.18. The topological polar surface area (TPSA) is 87.5 Å². The number of fused-ring (bicyclic) bond motifs is 1. The van der Waals surface area contributed by atoms with E-state index in [-0.39, 0.29) is 18.1 Å². The number of amides is 3. The zero-order chi connectivity index (χ0) is 22.7. The molecule has 0 atom stereocenters. The number of aromatic nitrogens is 2. The normalized spacial score (nSPS) is 10.7. The summed E-state index contributed by atoms with van der Waals surface area (Å²) >= 11 is 0. The van der Waals surface area contributed by atoms with Gasteiger partial charge in [0.25, 0.3) is 5.91 Å². The van der Waals surface area contributed by atoms with Gasteiger partial charge in [0, 0.05) is 30.2 Å². The Hall–Kier alpha value is -4.27. The van der Waals surface area contributed by atoms with Crippen molar-refractivity contribution in [3.05, 3.63) is 95.4 Å². The van der Waals surface area contributed by atoms with E-state index in [1.807, 2.05) is 25.1 Å². The minimum absolute atomic E-state index is 0.00453. The summed E-state index contributed by atoms with van der Waals surface area (Å²) in [6, 6.07) is 13.0. The summed E-state index contributed by atoms with van der Waals surface area (Å²) in [5.74, 6) is -1.89. The highest BCUT2D eigenvalue weighted by Gasteiger charge is 2.13. The van der Waals surface area contributed by atoms with Crippen LogP contribution in [-0.2, 0) is 6.54 Å². The smallest absolute Gasteiger partial charge is 0.319 e. The van der Waals surface area contributed by atoms with E-state index in [0.29, 0.717) is 17.0 Å². The number of halogens is 2. The molecule has 3 amide bonds. The average molecular weight is 435 g/mol. The highest BCUT2D eigenvalue weighted by molar-refractivity contribution is 6.04. The van der Waals surface area contributed by atoms with Crippen molar-refractivity contribution < 1.29 is 18.4 Å². The molecule has 0 spiro atoms. The molecular weight excluding hydrogens is 416 g/mol. The molecule has 2 aromatic carbocycles. The van der Waals surface area contributed by atoms with Gasteiger partial charge in [-0.25, -0.2) is 18.6 Å². The van der Waals surface area contributed by atoms with E-state index in [1.165, 1.54) is 6.20 Å². The first-order valence-electron chi connectivity index (χ1n) is 9.73. The summed E-state index contributed by atoms with van der Waals surface area (Å²) in [5.41, 5.74) is 3.22. The first-order valence-corrected chi connectivity index (χ1v) is 9.73. The van der Waals surface area contributed by atoms with Crippen LogP contribution in [0.25, 0.3) is 5.65 Å². The largest absolute Gasteiger partial charge is 0.334 e. The third-order valence-electron chi connectivity index (χ3n) is 4.77. The van der Waals surface area contributed by atoms with E-state index < -0.39 is 17.7 Å². The molecule has 0 aliphatic heterocycles. The standard InChI is InChI=1S/C23H19F2N5O2/c1-14-5-6-15(12-27-23(32)28-18-10-16(24)9-17(25)11-18)8-19(14)29-22(31)20-13-26-21-4-2-3-7-30(20)21/h2-11,13H,12H2,1H3,(H,29,31)(H2,27,28,32). The SMILES string of the molecule is Cc1ccc(CNC(=O)Nc2cc(F)cc(F)c2)cc1NC(=O)c1cnc2ccccn12. The third-order valence-corrected chi connectivity index (χ3v) is 4.77. The molecule has 0 bridgehead atoms. The first-order chi connectivity index (χ1) is 15.4. The Morgan fingerprint density at radius 3 is 2.56 bits per heavy atom. The molecule has 9 heteroatoms. The van der Waals surface area contributed by atoms with Crippen molar-refractivity contribution in [2.45, 2.75) is 13.5 Å². The van der Waals surface area contributed by atoms with Gasteiger partial charge in [-0.1, -0.05) is 18.2 Å². The van der Waals surface area contributed by atoms with Gasteiger partial charge in [-0.3, -0.25) is 9.20 Å². The van der Waals surface area contributed by atoms with Gasteiger partial charge in [0.15, 0.2) is 0 Å². The Balaban J connectivity index is 1.42. The Labute approximate surface area is 182 Å². The van der Waals surface area contributed by atoms with Crippen LogP contribution in [-0.4, -0.2) is 21.3 Å². The molecule has 3 N–H and O–H groups in total. The number of nitrogens with zero attached hydrogens (tertiary/aromatic N) is 2. The number of hydrogen-bond acceptors (Lipinski definition) is 3. The van der Waals surface area contributed by atoms with Gasteiger partial charge in [-0.2, -0.15) is 0 Å². The Bertz CT molecular complexity index is 1300. The Kier molecular flexibility index (Phi) is 5.80. The number of carbonyl (C=O) groups is 2. The maximum atomic E-state index is 13.3. The van der Waals surface area contributed by atoms with Gasteiger partial charge in [0.05, 0.1) is 6.20 Å². The van der Waals surface area contributed by atoms with Crippen LogP contribution in [0.4, 0.5) is 25.0 Å². The highest BCUT2D eigenvalue weighted by atomic mass is 19.1. The molecule has 7 nitrogen and oxygen atoms in total. The Morgan fingerprint density at radius 1 is 1.00 bits per heavy atom. The predicted molar refractivity (Wildman–Crippen MR) is 117 cm³/mol.